The summed E-state index contributed by atoms with van der Waals surface area (Å²) in [5, 5.41) is 37.7. The number of rotatable bonds is 10. The van der Waals surface area contributed by atoms with Crippen molar-refractivity contribution in [2.75, 3.05) is 19.7 Å². The van der Waals surface area contributed by atoms with Gasteiger partial charge in [-0.2, -0.15) is 10.4 Å². The first-order valence-corrected chi connectivity index (χ1v) is 14.9. The van der Waals surface area contributed by atoms with Crippen LogP contribution in [0.5, 0.6) is 0 Å². The summed E-state index contributed by atoms with van der Waals surface area (Å²) in [6, 6.07) is 9.04. The van der Waals surface area contributed by atoms with E-state index in [-0.39, 0.29) is 42.0 Å². The number of aliphatic hydroxyl groups is 2. The summed E-state index contributed by atoms with van der Waals surface area (Å²) in [6.07, 6.45) is 3.80. The third-order valence-corrected chi connectivity index (χ3v) is 11.8. The molecule has 0 spiro atoms. The number of amides is 1. The van der Waals surface area contributed by atoms with Crippen LogP contribution >= 0.6 is 0 Å². The lowest BCUT2D eigenvalue weighted by atomic mass is 10.0. The summed E-state index contributed by atoms with van der Waals surface area (Å²) in [5.41, 5.74) is 2.55. The minimum absolute atomic E-state index is 0.00437. The number of carbonyl (C=O) groups is 1. The Labute approximate surface area is 222 Å². The second-order valence-corrected chi connectivity index (χ2v) is 14.2. The van der Waals surface area contributed by atoms with Crippen molar-refractivity contribution in [3.05, 3.63) is 52.3 Å². The zero-order valence-electron chi connectivity index (χ0n) is 21.3. The second kappa shape index (κ2) is 9.16. The molecule has 10 nitrogen and oxygen atoms in total. The molecule has 3 aliphatic carbocycles. The summed E-state index contributed by atoms with van der Waals surface area (Å²) in [7, 11) is -3.22. The minimum Gasteiger partial charge on any atom is -0.396 e. The van der Waals surface area contributed by atoms with Gasteiger partial charge < -0.3 is 15.5 Å². The van der Waals surface area contributed by atoms with Crippen LogP contribution in [0, 0.1) is 16.7 Å². The van der Waals surface area contributed by atoms with Gasteiger partial charge in [0.2, 0.25) is 0 Å². The molecular formula is C27H33N5O5S. The highest BCUT2D eigenvalue weighted by atomic mass is 32.2. The average molecular weight is 540 g/mol. The van der Waals surface area contributed by atoms with Crippen LogP contribution in [0.3, 0.4) is 0 Å². The number of fused-ring (bicyclic) bond motifs is 1. The zero-order chi connectivity index (χ0) is 26.7. The highest BCUT2D eigenvalue weighted by molar-refractivity contribution is 7.94. The van der Waals surface area contributed by atoms with E-state index in [9.17, 15) is 23.4 Å². The molecule has 1 aliphatic heterocycles. The molecule has 2 aromatic rings. The van der Waals surface area contributed by atoms with Crippen molar-refractivity contribution in [2.24, 2.45) is 5.41 Å². The van der Waals surface area contributed by atoms with Crippen LogP contribution in [-0.4, -0.2) is 68.9 Å². The molecule has 3 saturated carbocycles. The Hall–Kier alpha value is -2.78. The molecule has 1 atom stereocenters. The molecule has 3 fully saturated rings. The average Bonchev–Trinajstić information content (AvgIpc) is 3.79. The Kier molecular flexibility index (Phi) is 6.14. The molecule has 0 bridgehead atoms. The van der Waals surface area contributed by atoms with E-state index < -0.39 is 20.8 Å². The van der Waals surface area contributed by atoms with Gasteiger partial charge in [0.1, 0.15) is 0 Å². The molecule has 0 saturated heterocycles. The Bertz CT molecular complexity index is 1400. The predicted molar refractivity (Wildman–Crippen MR) is 137 cm³/mol. The number of hydrogen-bond acceptors (Lipinski definition) is 8. The van der Waals surface area contributed by atoms with Crippen LogP contribution in [0.1, 0.15) is 77.6 Å². The van der Waals surface area contributed by atoms with Crippen molar-refractivity contribution in [1.29, 1.82) is 5.26 Å². The van der Waals surface area contributed by atoms with E-state index in [1.54, 1.807) is 28.9 Å². The largest absolute Gasteiger partial charge is 0.396 e. The van der Waals surface area contributed by atoms with Gasteiger partial charge in [0.25, 0.3) is 5.91 Å². The highest BCUT2D eigenvalue weighted by Crippen LogP contribution is 2.52. The number of nitriles is 1. The van der Waals surface area contributed by atoms with Crippen LogP contribution < -0.4 is 5.32 Å². The number of nitrogens with zero attached hydrogens (tertiary/aromatic N) is 4. The lowest BCUT2D eigenvalue weighted by molar-refractivity contribution is -0.0153. The van der Waals surface area contributed by atoms with Crippen LogP contribution in [0.2, 0.25) is 0 Å². The number of aromatic nitrogens is 2. The molecule has 3 N–H and O–H groups in total. The van der Waals surface area contributed by atoms with Crippen molar-refractivity contribution in [3.63, 3.8) is 0 Å². The number of aliphatic hydroxyl groups excluding tert-OH is 2. The summed E-state index contributed by atoms with van der Waals surface area (Å²) in [6.45, 7) is 1.38. The molecule has 1 amide bonds. The van der Waals surface area contributed by atoms with Gasteiger partial charge in [0, 0.05) is 37.2 Å². The van der Waals surface area contributed by atoms with Crippen molar-refractivity contribution in [2.45, 2.75) is 74.3 Å². The Morgan fingerprint density at radius 3 is 2.45 bits per heavy atom. The maximum Gasteiger partial charge on any atom is 0.272 e. The standard InChI is InChI=1S/C27H33N5O5S/c28-13-18-1-3-19(4-2-18)14-29-24(34)22-21-7-12-31(16-27(10-11-27)38(36,37)20-5-6-20)25(35)23(21)32(30-22)15-26(17-33)8-9-26/h1-4,20,25,33,35H,5-12,14-17H2,(H,29,34). The fraction of sp³-hybridized carbons (Fsp3) is 0.593. The third-order valence-electron chi connectivity index (χ3n) is 8.73. The fourth-order valence-corrected chi connectivity index (χ4v) is 8.15. The maximum atomic E-state index is 13.3. The highest BCUT2D eigenvalue weighted by Gasteiger charge is 2.60. The summed E-state index contributed by atoms with van der Waals surface area (Å²) >= 11 is 0. The van der Waals surface area contributed by atoms with Crippen LogP contribution in [0.15, 0.2) is 24.3 Å². The number of sulfone groups is 1. The predicted octanol–water partition coefficient (Wildman–Crippen LogP) is 1.42. The lowest BCUT2D eigenvalue weighted by Gasteiger charge is -2.35. The molecule has 2 heterocycles. The van der Waals surface area contributed by atoms with Gasteiger partial charge in [-0.05, 0) is 62.6 Å². The number of nitrogens with one attached hydrogen (secondary N) is 1. The normalized spacial score (nSPS) is 23.3. The molecule has 11 heteroatoms. The first-order chi connectivity index (χ1) is 18.2. The molecule has 6 rings (SSSR count). The van der Waals surface area contributed by atoms with Gasteiger partial charge in [-0.1, -0.05) is 12.1 Å². The fourth-order valence-electron chi connectivity index (χ4n) is 5.66. The molecule has 202 valence electrons. The summed E-state index contributed by atoms with van der Waals surface area (Å²) in [5.74, 6) is -0.353. The molecule has 1 unspecified atom stereocenters. The molecule has 1 aromatic carbocycles. The summed E-state index contributed by atoms with van der Waals surface area (Å²) < 4.78 is 27.1. The Balaban J connectivity index is 1.25. The van der Waals surface area contributed by atoms with Crippen molar-refractivity contribution < 1.29 is 23.4 Å². The van der Waals surface area contributed by atoms with Crippen molar-refractivity contribution in [1.82, 2.24) is 20.0 Å². The van der Waals surface area contributed by atoms with Crippen molar-refractivity contribution in [3.8, 4) is 6.07 Å². The number of hydrogen-bond donors (Lipinski definition) is 3. The second-order valence-electron chi connectivity index (χ2n) is 11.5. The Morgan fingerprint density at radius 2 is 1.87 bits per heavy atom. The molecule has 38 heavy (non-hydrogen) atoms. The van der Waals surface area contributed by atoms with Crippen LogP contribution in [0.25, 0.3) is 0 Å². The molecular weight excluding hydrogens is 506 g/mol. The van der Waals surface area contributed by atoms with Crippen LogP contribution in [-0.2, 0) is 29.3 Å². The Morgan fingerprint density at radius 1 is 1.16 bits per heavy atom. The number of carbonyl (C=O) groups excluding carboxylic acids is 1. The first kappa shape index (κ1) is 25.5. The van der Waals surface area contributed by atoms with E-state index in [0.717, 1.165) is 31.2 Å². The molecule has 1 aromatic heterocycles. The zero-order valence-corrected chi connectivity index (χ0v) is 22.1. The van der Waals surface area contributed by atoms with Gasteiger partial charge >= 0.3 is 0 Å². The first-order valence-electron chi connectivity index (χ1n) is 13.3. The van der Waals surface area contributed by atoms with Gasteiger partial charge in [-0.3, -0.25) is 14.4 Å². The third kappa shape index (κ3) is 4.43. The van der Waals surface area contributed by atoms with E-state index in [2.05, 4.69) is 16.5 Å². The van der Waals surface area contributed by atoms with E-state index in [1.807, 2.05) is 4.90 Å². The maximum absolute atomic E-state index is 13.3. The van der Waals surface area contributed by atoms with E-state index in [4.69, 9.17) is 5.26 Å². The van der Waals surface area contributed by atoms with Gasteiger partial charge in [-0.15, -0.1) is 0 Å². The topological polar surface area (TPSA) is 149 Å². The SMILES string of the molecule is N#Cc1ccc(CNC(=O)c2nn(CC3(CO)CC3)c3c2CCN(CC2(S(=O)(=O)C4CC4)CC2)C3O)cc1. The monoisotopic (exact) mass is 539 g/mol. The van der Waals surface area contributed by atoms with E-state index in [1.165, 1.54) is 0 Å². The van der Waals surface area contributed by atoms with Gasteiger partial charge in [0.05, 0.1) is 33.9 Å². The molecule has 4 aliphatic rings. The number of benzene rings is 1. The van der Waals surface area contributed by atoms with Crippen molar-refractivity contribution >= 4 is 15.7 Å². The quantitative estimate of drug-likeness (QED) is 0.411. The summed E-state index contributed by atoms with van der Waals surface area (Å²) in [4.78, 5) is 15.1. The molecule has 0 radical (unpaired) electrons. The minimum atomic E-state index is -3.22. The van der Waals surface area contributed by atoms with Gasteiger partial charge in [-0.25, -0.2) is 8.42 Å². The van der Waals surface area contributed by atoms with Crippen LogP contribution in [0.4, 0.5) is 0 Å². The van der Waals surface area contributed by atoms with E-state index >= 15 is 0 Å². The smallest absolute Gasteiger partial charge is 0.272 e. The van der Waals surface area contributed by atoms with Gasteiger partial charge in [0.15, 0.2) is 21.8 Å². The van der Waals surface area contributed by atoms with E-state index in [0.29, 0.717) is 49.2 Å². The lowest BCUT2D eigenvalue weighted by Crippen LogP contribution is -2.45.